The Hall–Kier alpha value is -2.53. The maximum absolute atomic E-state index is 12.0. The zero-order valence-corrected chi connectivity index (χ0v) is 14.3. The molecule has 0 fully saturated rings. The normalized spacial score (nSPS) is 16.1. The molecule has 0 saturated heterocycles. The lowest BCUT2D eigenvalue weighted by molar-refractivity contribution is 0.0897. The SMILES string of the molecule is CNc1sc2c(c1C#N)CCC(OC(=O)NCc1cnoc1C)C2. The second-order valence-corrected chi connectivity index (χ2v) is 6.71. The number of thiophene rings is 1. The molecule has 24 heavy (non-hydrogen) atoms. The number of anilines is 1. The van der Waals surface area contributed by atoms with Crippen molar-refractivity contribution in [2.45, 2.75) is 38.8 Å². The first-order chi connectivity index (χ1) is 11.6. The third kappa shape index (κ3) is 3.21. The molecule has 0 aliphatic heterocycles. The molecule has 2 heterocycles. The fraction of sp³-hybridized carbons (Fsp3) is 0.438. The summed E-state index contributed by atoms with van der Waals surface area (Å²) in [6.45, 7) is 2.12. The minimum absolute atomic E-state index is 0.170. The topological polar surface area (TPSA) is 100 Å². The number of nitrogens with one attached hydrogen (secondary N) is 2. The van der Waals surface area contributed by atoms with Crippen molar-refractivity contribution in [1.82, 2.24) is 10.5 Å². The van der Waals surface area contributed by atoms with Gasteiger partial charge in [-0.2, -0.15) is 5.26 Å². The van der Waals surface area contributed by atoms with Gasteiger partial charge in [-0.15, -0.1) is 11.3 Å². The van der Waals surface area contributed by atoms with E-state index in [1.165, 1.54) is 0 Å². The summed E-state index contributed by atoms with van der Waals surface area (Å²) in [6, 6.07) is 2.26. The number of aromatic nitrogens is 1. The van der Waals surface area contributed by atoms with Crippen molar-refractivity contribution in [1.29, 1.82) is 5.26 Å². The van der Waals surface area contributed by atoms with E-state index in [-0.39, 0.29) is 6.10 Å². The van der Waals surface area contributed by atoms with Gasteiger partial charge in [0, 0.05) is 23.9 Å². The molecule has 3 rings (SSSR count). The molecule has 2 N–H and O–H groups in total. The molecule has 7 nitrogen and oxygen atoms in total. The number of hydrogen-bond acceptors (Lipinski definition) is 7. The van der Waals surface area contributed by atoms with E-state index >= 15 is 0 Å². The van der Waals surface area contributed by atoms with E-state index in [1.807, 2.05) is 7.05 Å². The first-order valence-corrected chi connectivity index (χ1v) is 8.51. The molecule has 0 radical (unpaired) electrons. The molecule has 1 unspecified atom stereocenters. The summed E-state index contributed by atoms with van der Waals surface area (Å²) in [5, 5.41) is 19.6. The smallest absolute Gasteiger partial charge is 0.407 e. The maximum atomic E-state index is 12.0. The molecule has 1 aliphatic carbocycles. The summed E-state index contributed by atoms with van der Waals surface area (Å²) in [6.07, 6.45) is 3.08. The summed E-state index contributed by atoms with van der Waals surface area (Å²) >= 11 is 1.56. The van der Waals surface area contributed by atoms with E-state index in [4.69, 9.17) is 9.26 Å². The molecule has 1 aliphatic rings. The first kappa shape index (κ1) is 16.3. The fourth-order valence-corrected chi connectivity index (χ4v) is 4.02. The van der Waals surface area contributed by atoms with Gasteiger partial charge < -0.3 is 19.9 Å². The molecule has 8 heteroatoms. The second kappa shape index (κ2) is 6.93. The first-order valence-electron chi connectivity index (χ1n) is 7.69. The van der Waals surface area contributed by atoms with Crippen LogP contribution in [0, 0.1) is 18.3 Å². The van der Waals surface area contributed by atoms with Gasteiger partial charge in [-0.25, -0.2) is 4.79 Å². The van der Waals surface area contributed by atoms with Crippen LogP contribution in [0.3, 0.4) is 0 Å². The number of hydrogen-bond donors (Lipinski definition) is 2. The largest absolute Gasteiger partial charge is 0.446 e. The molecule has 0 spiro atoms. The van der Waals surface area contributed by atoms with Gasteiger partial charge in [-0.1, -0.05) is 5.16 Å². The zero-order chi connectivity index (χ0) is 17.1. The van der Waals surface area contributed by atoms with Gasteiger partial charge in [0.2, 0.25) is 0 Å². The Morgan fingerprint density at radius 3 is 3.12 bits per heavy atom. The minimum atomic E-state index is -0.449. The average Bonchev–Trinajstić information content (AvgIpc) is 3.15. The molecular formula is C16H18N4O3S. The molecule has 0 saturated carbocycles. The summed E-state index contributed by atoms with van der Waals surface area (Å²) < 4.78 is 10.5. The molecule has 2 aromatic heterocycles. The van der Waals surface area contributed by atoms with Crippen LogP contribution in [-0.4, -0.2) is 24.4 Å². The van der Waals surface area contributed by atoms with E-state index < -0.39 is 6.09 Å². The molecule has 1 atom stereocenters. The molecule has 0 aromatic carbocycles. The van der Waals surface area contributed by atoms with Crippen molar-refractivity contribution in [2.75, 3.05) is 12.4 Å². The highest BCUT2D eigenvalue weighted by Gasteiger charge is 2.27. The van der Waals surface area contributed by atoms with Crippen LogP contribution in [0.5, 0.6) is 0 Å². The Morgan fingerprint density at radius 1 is 1.62 bits per heavy atom. The Bertz CT molecular complexity index is 790. The number of carbonyl (C=O) groups is 1. The quantitative estimate of drug-likeness (QED) is 0.883. The molecule has 2 aromatic rings. The van der Waals surface area contributed by atoms with Crippen LogP contribution in [0.2, 0.25) is 0 Å². The van der Waals surface area contributed by atoms with E-state index in [1.54, 1.807) is 24.5 Å². The molecule has 1 amide bonds. The van der Waals surface area contributed by atoms with Crippen molar-refractivity contribution in [3.8, 4) is 6.07 Å². The Balaban J connectivity index is 1.58. The second-order valence-electron chi connectivity index (χ2n) is 5.60. The van der Waals surface area contributed by atoms with Crippen molar-refractivity contribution >= 4 is 22.4 Å². The number of amides is 1. The predicted octanol–water partition coefficient (Wildman–Crippen LogP) is 2.74. The highest BCUT2D eigenvalue weighted by Crippen LogP contribution is 2.38. The number of nitrogens with zero attached hydrogens (tertiary/aromatic N) is 2. The number of nitriles is 1. The van der Waals surface area contributed by atoms with Crippen LogP contribution in [0.1, 0.15) is 33.7 Å². The highest BCUT2D eigenvalue weighted by molar-refractivity contribution is 7.16. The summed E-state index contributed by atoms with van der Waals surface area (Å²) in [7, 11) is 1.81. The van der Waals surface area contributed by atoms with Gasteiger partial charge in [0.1, 0.15) is 22.9 Å². The summed E-state index contributed by atoms with van der Waals surface area (Å²) in [5.74, 6) is 0.680. The number of carbonyl (C=O) groups excluding carboxylic acids is 1. The number of fused-ring (bicyclic) bond motifs is 1. The van der Waals surface area contributed by atoms with Crippen molar-refractivity contribution in [2.24, 2.45) is 0 Å². The van der Waals surface area contributed by atoms with Crippen LogP contribution in [0.4, 0.5) is 9.80 Å². The van der Waals surface area contributed by atoms with Gasteiger partial charge in [0.05, 0.1) is 18.3 Å². The van der Waals surface area contributed by atoms with Crippen LogP contribution < -0.4 is 10.6 Å². The monoisotopic (exact) mass is 346 g/mol. The number of ether oxygens (including phenoxy) is 1. The molecule has 0 bridgehead atoms. The Labute approximate surface area is 143 Å². The standard InChI is InChI=1S/C16H18N4O3S/c1-9-10(8-20-23-9)7-19-16(21)22-11-3-4-12-13(6-17)15(18-2)24-14(12)5-11/h8,11,18H,3-5,7H2,1-2H3,(H,19,21). The zero-order valence-electron chi connectivity index (χ0n) is 13.5. The summed E-state index contributed by atoms with van der Waals surface area (Å²) in [4.78, 5) is 13.1. The van der Waals surface area contributed by atoms with Crippen molar-refractivity contribution < 1.29 is 14.1 Å². The summed E-state index contributed by atoms with van der Waals surface area (Å²) in [5.41, 5.74) is 2.64. The van der Waals surface area contributed by atoms with Crippen LogP contribution in [0.15, 0.2) is 10.7 Å². The van der Waals surface area contributed by atoms with E-state index in [2.05, 4.69) is 21.9 Å². The van der Waals surface area contributed by atoms with Crippen LogP contribution in [-0.2, 0) is 24.1 Å². The maximum Gasteiger partial charge on any atom is 0.407 e. The molecule has 126 valence electrons. The average molecular weight is 346 g/mol. The van der Waals surface area contributed by atoms with E-state index in [9.17, 15) is 10.1 Å². The number of rotatable bonds is 4. The third-order valence-electron chi connectivity index (χ3n) is 4.11. The number of aryl methyl sites for hydroxylation is 1. The Morgan fingerprint density at radius 2 is 2.46 bits per heavy atom. The predicted molar refractivity (Wildman–Crippen MR) is 89.0 cm³/mol. The van der Waals surface area contributed by atoms with E-state index in [0.717, 1.165) is 39.4 Å². The van der Waals surface area contributed by atoms with Crippen LogP contribution >= 0.6 is 11.3 Å². The third-order valence-corrected chi connectivity index (χ3v) is 5.38. The lowest BCUT2D eigenvalue weighted by Crippen LogP contribution is -2.31. The van der Waals surface area contributed by atoms with Gasteiger partial charge in [-0.3, -0.25) is 0 Å². The van der Waals surface area contributed by atoms with Crippen LogP contribution in [0.25, 0.3) is 0 Å². The number of alkyl carbamates (subject to hydrolysis) is 1. The highest BCUT2D eigenvalue weighted by atomic mass is 32.1. The van der Waals surface area contributed by atoms with Crippen molar-refractivity contribution in [3.63, 3.8) is 0 Å². The van der Waals surface area contributed by atoms with Crippen molar-refractivity contribution in [3.05, 3.63) is 33.5 Å². The lowest BCUT2D eigenvalue weighted by Gasteiger charge is -2.22. The fourth-order valence-electron chi connectivity index (χ4n) is 2.80. The Kier molecular flexibility index (Phi) is 4.71. The van der Waals surface area contributed by atoms with Gasteiger partial charge >= 0.3 is 6.09 Å². The lowest BCUT2D eigenvalue weighted by atomic mass is 9.94. The van der Waals surface area contributed by atoms with Gasteiger partial charge in [-0.05, 0) is 25.3 Å². The minimum Gasteiger partial charge on any atom is -0.446 e. The van der Waals surface area contributed by atoms with E-state index in [0.29, 0.717) is 18.7 Å². The van der Waals surface area contributed by atoms with Gasteiger partial charge in [0.15, 0.2) is 0 Å². The van der Waals surface area contributed by atoms with Gasteiger partial charge in [0.25, 0.3) is 0 Å². The molecular weight excluding hydrogens is 328 g/mol.